The topological polar surface area (TPSA) is 85.3 Å². The van der Waals surface area contributed by atoms with Crippen LogP contribution in [0.1, 0.15) is 10.5 Å². The first-order valence-corrected chi connectivity index (χ1v) is 6.18. The van der Waals surface area contributed by atoms with E-state index >= 15 is 0 Å². The van der Waals surface area contributed by atoms with Crippen molar-refractivity contribution in [2.75, 3.05) is 0 Å². The van der Waals surface area contributed by atoms with Gasteiger partial charge in [0, 0.05) is 22.8 Å². The average Bonchev–Trinajstić information content (AvgIpc) is 2.91. The number of nitrogen functional groups attached to an aromatic ring is 1. The van der Waals surface area contributed by atoms with Crippen molar-refractivity contribution in [3.05, 3.63) is 53.3 Å². The van der Waals surface area contributed by atoms with E-state index in [-0.39, 0.29) is 5.69 Å². The lowest BCUT2D eigenvalue weighted by molar-refractivity contribution is 0.0948. The highest BCUT2D eigenvalue weighted by Crippen LogP contribution is 2.22. The maximum absolute atomic E-state index is 11.5. The van der Waals surface area contributed by atoms with Gasteiger partial charge in [0.2, 0.25) is 0 Å². The molecule has 0 radical (unpaired) electrons. The predicted octanol–water partition coefficient (Wildman–Crippen LogP) is 1.65. The number of fused-ring (bicyclic) bond motifs is 1. The van der Waals surface area contributed by atoms with Gasteiger partial charge in [0.1, 0.15) is 0 Å². The molecule has 0 fully saturated rings. The Hall–Kier alpha value is -2.44. The molecule has 0 saturated carbocycles. The van der Waals surface area contributed by atoms with Crippen LogP contribution in [0.4, 0.5) is 0 Å². The second-order valence-electron chi connectivity index (χ2n) is 4.11. The molecule has 3 aromatic rings. The highest BCUT2D eigenvalue weighted by atomic mass is 35.5. The van der Waals surface area contributed by atoms with Crippen LogP contribution < -0.4 is 11.3 Å². The summed E-state index contributed by atoms with van der Waals surface area (Å²) in [6, 6.07) is 10.7. The zero-order chi connectivity index (χ0) is 14.1. The summed E-state index contributed by atoms with van der Waals surface area (Å²) in [7, 11) is 0. The minimum Gasteiger partial charge on any atom is -0.289 e. The van der Waals surface area contributed by atoms with E-state index in [1.54, 1.807) is 28.9 Å². The number of halogens is 1. The fraction of sp³-hybridized carbons (Fsp3) is 0. The van der Waals surface area contributed by atoms with Gasteiger partial charge in [-0.05, 0) is 18.2 Å². The molecule has 1 aromatic carbocycles. The lowest BCUT2D eigenvalue weighted by Crippen LogP contribution is -2.30. The van der Waals surface area contributed by atoms with Crippen molar-refractivity contribution >= 4 is 23.2 Å². The van der Waals surface area contributed by atoms with E-state index in [1.807, 2.05) is 23.6 Å². The van der Waals surface area contributed by atoms with E-state index in [1.165, 1.54) is 0 Å². The van der Waals surface area contributed by atoms with Crippen molar-refractivity contribution in [1.82, 2.24) is 20.0 Å². The van der Waals surface area contributed by atoms with Crippen LogP contribution in [0.25, 0.3) is 16.9 Å². The van der Waals surface area contributed by atoms with E-state index < -0.39 is 5.91 Å². The molecule has 0 aliphatic rings. The summed E-state index contributed by atoms with van der Waals surface area (Å²) >= 11 is 5.88. The molecule has 20 heavy (non-hydrogen) atoms. The number of benzene rings is 1. The van der Waals surface area contributed by atoms with Crippen LogP contribution in [-0.4, -0.2) is 20.5 Å². The van der Waals surface area contributed by atoms with Crippen molar-refractivity contribution in [3.8, 4) is 11.3 Å². The normalized spacial score (nSPS) is 10.7. The monoisotopic (exact) mass is 287 g/mol. The Bertz CT molecular complexity index is 781. The Morgan fingerprint density at radius 2 is 2.00 bits per heavy atom. The molecule has 0 spiro atoms. The number of hydrogen-bond acceptors (Lipinski definition) is 4. The Morgan fingerprint density at radius 3 is 2.70 bits per heavy atom. The molecule has 2 aromatic heterocycles. The van der Waals surface area contributed by atoms with Gasteiger partial charge >= 0.3 is 0 Å². The SMILES string of the molecule is NNC(=O)c1cc2nccc(-c3ccc(Cl)cc3)n2n1. The number of nitrogens with two attached hydrogens (primary N) is 1. The van der Waals surface area contributed by atoms with E-state index in [9.17, 15) is 4.79 Å². The number of carbonyl (C=O) groups is 1. The predicted molar refractivity (Wildman–Crippen MR) is 75.1 cm³/mol. The Labute approximate surface area is 119 Å². The molecule has 0 bridgehead atoms. The Kier molecular flexibility index (Phi) is 3.09. The van der Waals surface area contributed by atoms with Gasteiger partial charge in [-0.3, -0.25) is 10.2 Å². The number of nitrogens with one attached hydrogen (secondary N) is 1. The zero-order valence-electron chi connectivity index (χ0n) is 10.2. The molecule has 0 unspecified atom stereocenters. The third-order valence-electron chi connectivity index (χ3n) is 2.86. The van der Waals surface area contributed by atoms with Gasteiger partial charge in [0.05, 0.1) is 5.69 Å². The third kappa shape index (κ3) is 2.11. The highest BCUT2D eigenvalue weighted by Gasteiger charge is 2.12. The van der Waals surface area contributed by atoms with Crippen molar-refractivity contribution in [2.45, 2.75) is 0 Å². The van der Waals surface area contributed by atoms with Gasteiger partial charge in [-0.2, -0.15) is 5.10 Å². The standard InChI is InChI=1S/C13H10ClN5O/c14-9-3-1-8(2-4-9)11-5-6-16-12-7-10(13(20)17-15)18-19(11)12/h1-7H,15H2,(H,17,20). The number of rotatable bonds is 2. The molecule has 3 rings (SSSR count). The zero-order valence-corrected chi connectivity index (χ0v) is 11.0. The quantitative estimate of drug-likeness (QED) is 0.426. The van der Waals surface area contributed by atoms with Crippen LogP contribution in [0.5, 0.6) is 0 Å². The van der Waals surface area contributed by atoms with Crippen molar-refractivity contribution in [2.24, 2.45) is 5.84 Å². The first kappa shape index (κ1) is 12.6. The van der Waals surface area contributed by atoms with Crippen LogP contribution in [-0.2, 0) is 0 Å². The van der Waals surface area contributed by atoms with Crippen LogP contribution in [0.3, 0.4) is 0 Å². The number of aromatic nitrogens is 3. The number of nitrogens with zero attached hydrogens (tertiary/aromatic N) is 3. The van der Waals surface area contributed by atoms with E-state index in [0.717, 1.165) is 11.3 Å². The smallest absolute Gasteiger partial charge is 0.285 e. The van der Waals surface area contributed by atoms with Crippen molar-refractivity contribution in [1.29, 1.82) is 0 Å². The van der Waals surface area contributed by atoms with E-state index in [2.05, 4.69) is 10.1 Å². The third-order valence-corrected chi connectivity index (χ3v) is 3.11. The molecule has 2 heterocycles. The molecule has 100 valence electrons. The average molecular weight is 288 g/mol. The van der Waals surface area contributed by atoms with E-state index in [4.69, 9.17) is 17.4 Å². The lowest BCUT2D eigenvalue weighted by Gasteiger charge is -2.04. The minimum absolute atomic E-state index is 0.210. The van der Waals surface area contributed by atoms with Crippen LogP contribution >= 0.6 is 11.6 Å². The van der Waals surface area contributed by atoms with Gasteiger partial charge in [-0.15, -0.1) is 0 Å². The summed E-state index contributed by atoms with van der Waals surface area (Å²) in [6.45, 7) is 0. The van der Waals surface area contributed by atoms with Gasteiger partial charge in [0.25, 0.3) is 5.91 Å². The summed E-state index contributed by atoms with van der Waals surface area (Å²) in [5.74, 6) is 4.65. The summed E-state index contributed by atoms with van der Waals surface area (Å²) in [5.41, 5.74) is 4.55. The second kappa shape index (κ2) is 4.92. The first-order valence-electron chi connectivity index (χ1n) is 5.81. The van der Waals surface area contributed by atoms with Gasteiger partial charge < -0.3 is 0 Å². The van der Waals surface area contributed by atoms with Crippen LogP contribution in [0.15, 0.2) is 42.6 Å². The summed E-state index contributed by atoms with van der Waals surface area (Å²) in [4.78, 5) is 15.7. The number of amides is 1. The molecule has 7 heteroatoms. The molecule has 0 atom stereocenters. The summed E-state index contributed by atoms with van der Waals surface area (Å²) in [6.07, 6.45) is 1.66. The maximum atomic E-state index is 11.5. The van der Waals surface area contributed by atoms with Crippen LogP contribution in [0.2, 0.25) is 5.02 Å². The molecular weight excluding hydrogens is 278 g/mol. The number of hydrogen-bond donors (Lipinski definition) is 2. The van der Waals surface area contributed by atoms with Crippen molar-refractivity contribution < 1.29 is 4.79 Å². The Morgan fingerprint density at radius 1 is 1.25 bits per heavy atom. The molecule has 0 saturated heterocycles. The molecule has 1 amide bonds. The number of carbonyl (C=O) groups excluding carboxylic acids is 1. The fourth-order valence-corrected chi connectivity index (χ4v) is 2.05. The molecule has 0 aliphatic heterocycles. The van der Waals surface area contributed by atoms with Crippen molar-refractivity contribution in [3.63, 3.8) is 0 Å². The fourth-order valence-electron chi connectivity index (χ4n) is 1.92. The summed E-state index contributed by atoms with van der Waals surface area (Å²) in [5, 5.41) is 4.87. The minimum atomic E-state index is -0.461. The van der Waals surface area contributed by atoms with Gasteiger partial charge in [0.15, 0.2) is 11.3 Å². The van der Waals surface area contributed by atoms with Gasteiger partial charge in [-0.25, -0.2) is 15.3 Å². The highest BCUT2D eigenvalue weighted by molar-refractivity contribution is 6.30. The Balaban J connectivity index is 2.18. The molecule has 6 nitrogen and oxygen atoms in total. The lowest BCUT2D eigenvalue weighted by atomic mass is 10.1. The molecule has 0 aliphatic carbocycles. The second-order valence-corrected chi connectivity index (χ2v) is 4.55. The van der Waals surface area contributed by atoms with Gasteiger partial charge in [-0.1, -0.05) is 23.7 Å². The molecule has 3 N–H and O–H groups in total. The first-order chi connectivity index (χ1) is 9.69. The van der Waals surface area contributed by atoms with E-state index in [0.29, 0.717) is 10.7 Å². The number of hydrazine groups is 1. The van der Waals surface area contributed by atoms with Crippen LogP contribution in [0, 0.1) is 0 Å². The maximum Gasteiger partial charge on any atom is 0.285 e. The molecular formula is C13H10ClN5O. The largest absolute Gasteiger partial charge is 0.289 e. The summed E-state index contributed by atoms with van der Waals surface area (Å²) < 4.78 is 1.59.